The smallest absolute Gasteiger partial charge is 0.0586 e. The third-order valence-corrected chi connectivity index (χ3v) is 2.92. The van der Waals surface area contributed by atoms with Crippen LogP contribution in [0.2, 0.25) is 0 Å². The number of rotatable bonds is 9. The van der Waals surface area contributed by atoms with Gasteiger partial charge in [0.25, 0.3) is 0 Å². The number of hydrogen-bond acceptors (Lipinski definition) is 4. The minimum absolute atomic E-state index is 0.192. The van der Waals surface area contributed by atoms with Crippen LogP contribution in [0.5, 0.6) is 0 Å². The van der Waals surface area contributed by atoms with Crippen molar-refractivity contribution >= 4 is 0 Å². The fraction of sp³-hybridized carbons (Fsp3) is 1.00. The molecule has 0 bridgehead atoms. The van der Waals surface area contributed by atoms with Crippen molar-refractivity contribution in [1.82, 2.24) is 10.2 Å². The number of nitrogens with one attached hydrogen (secondary N) is 1. The van der Waals surface area contributed by atoms with Crippen LogP contribution in [0, 0.1) is 0 Å². The molecule has 0 aliphatic carbocycles. The van der Waals surface area contributed by atoms with Crippen LogP contribution in [0.15, 0.2) is 0 Å². The van der Waals surface area contributed by atoms with Crippen LogP contribution < -0.4 is 5.32 Å². The van der Waals surface area contributed by atoms with E-state index in [9.17, 15) is 0 Å². The summed E-state index contributed by atoms with van der Waals surface area (Å²) in [6.07, 6.45) is 1.90. The lowest BCUT2D eigenvalue weighted by Crippen LogP contribution is -2.42. The van der Waals surface area contributed by atoms with Gasteiger partial charge in [-0.1, -0.05) is 13.8 Å². The van der Waals surface area contributed by atoms with Gasteiger partial charge in [0.15, 0.2) is 0 Å². The number of aliphatic hydroxyl groups is 2. The second-order valence-corrected chi connectivity index (χ2v) is 3.97. The molecule has 0 heterocycles. The fourth-order valence-corrected chi connectivity index (χ4v) is 1.55. The SMILES string of the molecule is CC[C@H](CO)NCCN(C)[C@H](CC)CO. The Hall–Kier alpha value is -0.160. The molecule has 0 aliphatic heterocycles. The van der Waals surface area contributed by atoms with E-state index in [1.165, 1.54) is 0 Å². The molecule has 0 amide bonds. The number of hydrogen-bond donors (Lipinski definition) is 3. The van der Waals surface area contributed by atoms with Crippen molar-refractivity contribution in [3.63, 3.8) is 0 Å². The first-order valence-corrected chi connectivity index (χ1v) is 5.84. The Morgan fingerprint density at radius 1 is 1.13 bits per heavy atom. The summed E-state index contributed by atoms with van der Waals surface area (Å²) in [5, 5.41) is 21.4. The minimum Gasteiger partial charge on any atom is -0.395 e. The van der Waals surface area contributed by atoms with Crippen LogP contribution in [0.4, 0.5) is 0 Å². The second-order valence-electron chi connectivity index (χ2n) is 3.97. The van der Waals surface area contributed by atoms with Crippen LogP contribution >= 0.6 is 0 Å². The maximum atomic E-state index is 9.10. The zero-order chi connectivity index (χ0) is 11.7. The van der Waals surface area contributed by atoms with Crippen molar-refractivity contribution in [2.75, 3.05) is 33.4 Å². The third kappa shape index (κ3) is 6.10. The Morgan fingerprint density at radius 2 is 1.80 bits per heavy atom. The van der Waals surface area contributed by atoms with E-state index in [4.69, 9.17) is 10.2 Å². The molecule has 3 N–H and O–H groups in total. The lowest BCUT2D eigenvalue weighted by molar-refractivity contribution is 0.141. The normalized spacial score (nSPS) is 15.6. The molecule has 4 heteroatoms. The van der Waals surface area contributed by atoms with Crippen LogP contribution in [-0.4, -0.2) is 60.5 Å². The zero-order valence-electron chi connectivity index (χ0n) is 10.2. The Kier molecular flexibility index (Phi) is 9.00. The summed E-state index contributed by atoms with van der Waals surface area (Å²) in [7, 11) is 2.02. The number of nitrogens with zero attached hydrogens (tertiary/aromatic N) is 1. The van der Waals surface area contributed by atoms with Gasteiger partial charge in [-0.3, -0.25) is 4.90 Å². The van der Waals surface area contributed by atoms with Gasteiger partial charge in [0.1, 0.15) is 0 Å². The summed E-state index contributed by atoms with van der Waals surface area (Å²) in [6, 6.07) is 0.452. The predicted molar refractivity (Wildman–Crippen MR) is 63.0 cm³/mol. The van der Waals surface area contributed by atoms with E-state index in [1.807, 2.05) is 7.05 Å². The molecule has 0 fully saturated rings. The van der Waals surface area contributed by atoms with Crippen molar-refractivity contribution in [2.45, 2.75) is 38.8 Å². The highest BCUT2D eigenvalue weighted by Gasteiger charge is 2.11. The third-order valence-electron chi connectivity index (χ3n) is 2.92. The van der Waals surface area contributed by atoms with Gasteiger partial charge in [-0.2, -0.15) is 0 Å². The number of likely N-dealkylation sites (N-methyl/N-ethyl adjacent to an activating group) is 1. The van der Waals surface area contributed by atoms with Gasteiger partial charge < -0.3 is 15.5 Å². The minimum atomic E-state index is 0.192. The molecular weight excluding hydrogens is 192 g/mol. The zero-order valence-corrected chi connectivity index (χ0v) is 10.2. The maximum absolute atomic E-state index is 9.10. The summed E-state index contributed by atoms with van der Waals surface area (Å²) >= 11 is 0. The predicted octanol–water partition coefficient (Wildman–Crippen LogP) is 0.0496. The van der Waals surface area contributed by atoms with Crippen molar-refractivity contribution in [2.24, 2.45) is 0 Å². The van der Waals surface area contributed by atoms with Crippen LogP contribution in [0.1, 0.15) is 26.7 Å². The van der Waals surface area contributed by atoms with E-state index in [1.54, 1.807) is 0 Å². The van der Waals surface area contributed by atoms with Crippen molar-refractivity contribution < 1.29 is 10.2 Å². The Bertz CT molecular complexity index is 137. The molecule has 0 aliphatic rings. The summed E-state index contributed by atoms with van der Waals surface area (Å²) in [5.74, 6) is 0. The summed E-state index contributed by atoms with van der Waals surface area (Å²) in [4.78, 5) is 2.15. The highest BCUT2D eigenvalue weighted by Crippen LogP contribution is 1.99. The Labute approximate surface area is 93.3 Å². The first-order valence-electron chi connectivity index (χ1n) is 5.84. The monoisotopic (exact) mass is 218 g/mol. The molecule has 0 aromatic rings. The van der Waals surface area contributed by atoms with E-state index in [2.05, 4.69) is 24.1 Å². The van der Waals surface area contributed by atoms with Crippen molar-refractivity contribution in [3.8, 4) is 0 Å². The van der Waals surface area contributed by atoms with E-state index < -0.39 is 0 Å². The van der Waals surface area contributed by atoms with Crippen LogP contribution in [0.3, 0.4) is 0 Å². The average Bonchev–Trinajstić information content (AvgIpc) is 2.26. The van der Waals surface area contributed by atoms with E-state index in [0.29, 0.717) is 0 Å². The molecule has 0 saturated heterocycles. The average molecular weight is 218 g/mol. The molecule has 0 rings (SSSR count). The van der Waals surface area contributed by atoms with Gasteiger partial charge in [0.05, 0.1) is 13.2 Å². The summed E-state index contributed by atoms with van der Waals surface area (Å²) < 4.78 is 0. The molecule has 0 saturated carbocycles. The lowest BCUT2D eigenvalue weighted by atomic mass is 10.2. The molecule has 15 heavy (non-hydrogen) atoms. The van der Waals surface area contributed by atoms with Crippen LogP contribution in [-0.2, 0) is 0 Å². The van der Waals surface area contributed by atoms with E-state index in [-0.39, 0.29) is 25.3 Å². The molecular formula is C11H26N2O2. The fourth-order valence-electron chi connectivity index (χ4n) is 1.55. The molecule has 0 aromatic heterocycles. The first kappa shape index (κ1) is 14.8. The van der Waals surface area contributed by atoms with Crippen molar-refractivity contribution in [1.29, 1.82) is 0 Å². The number of aliphatic hydroxyl groups excluding tert-OH is 2. The van der Waals surface area contributed by atoms with Crippen LogP contribution in [0.25, 0.3) is 0 Å². The van der Waals surface area contributed by atoms with Gasteiger partial charge in [-0.25, -0.2) is 0 Å². The van der Waals surface area contributed by atoms with Crippen molar-refractivity contribution in [3.05, 3.63) is 0 Å². The van der Waals surface area contributed by atoms with E-state index >= 15 is 0 Å². The molecule has 0 spiro atoms. The molecule has 0 radical (unpaired) electrons. The maximum Gasteiger partial charge on any atom is 0.0586 e. The topological polar surface area (TPSA) is 55.7 Å². The van der Waals surface area contributed by atoms with Gasteiger partial charge in [-0.05, 0) is 19.9 Å². The van der Waals surface area contributed by atoms with Gasteiger partial charge in [0, 0.05) is 25.2 Å². The Balaban J connectivity index is 3.65. The lowest BCUT2D eigenvalue weighted by Gasteiger charge is -2.26. The van der Waals surface area contributed by atoms with Gasteiger partial charge in [-0.15, -0.1) is 0 Å². The summed E-state index contributed by atoms with van der Waals surface area (Å²) in [5.41, 5.74) is 0. The quantitative estimate of drug-likeness (QED) is 0.512. The van der Waals surface area contributed by atoms with Gasteiger partial charge >= 0.3 is 0 Å². The molecule has 2 atom stereocenters. The standard InChI is InChI=1S/C11H26N2O2/c1-4-10(8-14)12-6-7-13(3)11(5-2)9-15/h10-12,14-15H,4-9H2,1-3H3/t10-,11-/m1/s1. The van der Waals surface area contributed by atoms with Gasteiger partial charge in [0.2, 0.25) is 0 Å². The molecule has 92 valence electrons. The van der Waals surface area contributed by atoms with E-state index in [0.717, 1.165) is 25.9 Å². The molecule has 0 aromatic carbocycles. The second kappa shape index (κ2) is 9.09. The highest BCUT2D eigenvalue weighted by molar-refractivity contribution is 4.69. The molecule has 4 nitrogen and oxygen atoms in total. The highest BCUT2D eigenvalue weighted by atomic mass is 16.3. The first-order chi connectivity index (χ1) is 7.19. The largest absolute Gasteiger partial charge is 0.395 e. The summed E-state index contributed by atoms with van der Waals surface area (Å²) in [6.45, 7) is 6.29. The molecule has 0 unspecified atom stereocenters. The Morgan fingerprint density at radius 3 is 2.20 bits per heavy atom.